The fourth-order valence-corrected chi connectivity index (χ4v) is 3.18. The molecular weight excluding hydrogens is 254 g/mol. The average molecular weight is 278 g/mol. The van der Waals surface area contributed by atoms with Crippen molar-refractivity contribution >= 4 is 11.6 Å². The van der Waals surface area contributed by atoms with Crippen LogP contribution in [0.1, 0.15) is 45.2 Å². The first-order chi connectivity index (χ1) is 9.04. The van der Waals surface area contributed by atoms with E-state index in [1.54, 1.807) is 5.57 Å². The molecule has 0 spiro atoms. The summed E-state index contributed by atoms with van der Waals surface area (Å²) >= 11 is 5.92. The predicted molar refractivity (Wildman–Crippen MR) is 83.5 cm³/mol. The topological polar surface area (TPSA) is 12.0 Å². The maximum atomic E-state index is 5.92. The fourth-order valence-electron chi connectivity index (χ4n) is 3.05. The summed E-state index contributed by atoms with van der Waals surface area (Å²) in [7, 11) is 0. The van der Waals surface area contributed by atoms with Crippen LogP contribution in [-0.2, 0) is 0 Å². The molecule has 1 aliphatic rings. The van der Waals surface area contributed by atoms with Gasteiger partial charge in [0.15, 0.2) is 0 Å². The van der Waals surface area contributed by atoms with E-state index in [2.05, 4.69) is 44.3 Å². The van der Waals surface area contributed by atoms with E-state index in [0.29, 0.717) is 6.04 Å². The quantitative estimate of drug-likeness (QED) is 0.765. The summed E-state index contributed by atoms with van der Waals surface area (Å²) in [6, 6.07) is 8.53. The first-order valence-electron chi connectivity index (χ1n) is 7.20. The second-order valence-corrected chi connectivity index (χ2v) is 6.41. The monoisotopic (exact) mass is 277 g/mol. The van der Waals surface area contributed by atoms with E-state index in [1.165, 1.54) is 18.4 Å². The number of rotatable bonds is 4. The van der Waals surface area contributed by atoms with Crippen molar-refractivity contribution in [1.82, 2.24) is 5.32 Å². The van der Waals surface area contributed by atoms with Crippen LogP contribution in [0.5, 0.6) is 0 Å². The van der Waals surface area contributed by atoms with E-state index >= 15 is 0 Å². The van der Waals surface area contributed by atoms with E-state index in [-0.39, 0.29) is 0 Å². The van der Waals surface area contributed by atoms with Crippen LogP contribution in [0.3, 0.4) is 0 Å². The standard InChI is InChI=1S/C17H24ClN/c1-12-8-13(2)10-15(9-12)11-19-14(3)16-4-6-17(18)7-5-16/h4-8,12,14-15,19H,9-11H2,1-3H3/t12?,14-,15?/m1/s1. The third-order valence-corrected chi connectivity index (χ3v) is 4.22. The average Bonchev–Trinajstić information content (AvgIpc) is 2.36. The molecule has 2 heteroatoms. The summed E-state index contributed by atoms with van der Waals surface area (Å²) in [5.74, 6) is 1.50. The van der Waals surface area contributed by atoms with Crippen molar-refractivity contribution in [1.29, 1.82) is 0 Å². The highest BCUT2D eigenvalue weighted by atomic mass is 35.5. The van der Waals surface area contributed by atoms with Gasteiger partial charge in [-0.2, -0.15) is 0 Å². The van der Waals surface area contributed by atoms with Gasteiger partial charge in [-0.25, -0.2) is 0 Å². The Labute approximate surface area is 122 Å². The largest absolute Gasteiger partial charge is 0.310 e. The van der Waals surface area contributed by atoms with Gasteiger partial charge in [0.2, 0.25) is 0 Å². The van der Waals surface area contributed by atoms with E-state index < -0.39 is 0 Å². The van der Waals surface area contributed by atoms with Gasteiger partial charge in [0.05, 0.1) is 0 Å². The Morgan fingerprint density at radius 2 is 2.00 bits per heavy atom. The van der Waals surface area contributed by atoms with Crippen LogP contribution in [0.25, 0.3) is 0 Å². The molecule has 0 saturated carbocycles. The maximum Gasteiger partial charge on any atom is 0.0406 e. The highest BCUT2D eigenvalue weighted by Crippen LogP contribution is 2.27. The highest BCUT2D eigenvalue weighted by Gasteiger charge is 2.18. The van der Waals surface area contributed by atoms with Gasteiger partial charge < -0.3 is 5.32 Å². The zero-order chi connectivity index (χ0) is 13.8. The van der Waals surface area contributed by atoms with Gasteiger partial charge >= 0.3 is 0 Å². The molecule has 0 aliphatic heterocycles. The van der Waals surface area contributed by atoms with E-state index in [4.69, 9.17) is 11.6 Å². The summed E-state index contributed by atoms with van der Waals surface area (Å²) < 4.78 is 0. The van der Waals surface area contributed by atoms with Gasteiger partial charge in [-0.3, -0.25) is 0 Å². The van der Waals surface area contributed by atoms with Crippen molar-refractivity contribution in [2.24, 2.45) is 11.8 Å². The second-order valence-electron chi connectivity index (χ2n) is 5.98. The molecule has 1 aromatic carbocycles. The molecular formula is C17H24ClN. The molecule has 19 heavy (non-hydrogen) atoms. The first-order valence-corrected chi connectivity index (χ1v) is 7.58. The zero-order valence-corrected chi connectivity index (χ0v) is 12.9. The van der Waals surface area contributed by atoms with Gasteiger partial charge in [-0.1, -0.05) is 42.3 Å². The number of hydrogen-bond acceptors (Lipinski definition) is 1. The second kappa shape index (κ2) is 6.58. The number of halogens is 1. The van der Waals surface area contributed by atoms with Gasteiger partial charge in [0.25, 0.3) is 0 Å². The lowest BCUT2D eigenvalue weighted by Gasteiger charge is -2.27. The molecule has 0 fully saturated rings. The van der Waals surface area contributed by atoms with Crippen molar-refractivity contribution in [2.45, 2.75) is 39.7 Å². The lowest BCUT2D eigenvalue weighted by Crippen LogP contribution is -2.28. The molecule has 2 rings (SSSR count). The molecule has 1 nitrogen and oxygen atoms in total. The molecule has 1 N–H and O–H groups in total. The number of benzene rings is 1. The minimum Gasteiger partial charge on any atom is -0.310 e. The Kier molecular flexibility index (Phi) is 5.06. The zero-order valence-electron chi connectivity index (χ0n) is 12.1. The summed E-state index contributed by atoms with van der Waals surface area (Å²) in [4.78, 5) is 0. The van der Waals surface area contributed by atoms with Gasteiger partial charge in [-0.05, 0) is 62.8 Å². The molecule has 1 aromatic rings. The lowest BCUT2D eigenvalue weighted by molar-refractivity contribution is 0.367. The van der Waals surface area contributed by atoms with Crippen molar-refractivity contribution in [3.63, 3.8) is 0 Å². The molecule has 0 amide bonds. The summed E-state index contributed by atoms with van der Waals surface area (Å²) in [6.45, 7) is 7.89. The van der Waals surface area contributed by atoms with Crippen LogP contribution < -0.4 is 5.32 Å². The van der Waals surface area contributed by atoms with Gasteiger partial charge in [0, 0.05) is 11.1 Å². The fraction of sp³-hybridized carbons (Fsp3) is 0.529. The van der Waals surface area contributed by atoms with Crippen molar-refractivity contribution in [3.05, 3.63) is 46.5 Å². The summed E-state index contributed by atoms with van der Waals surface area (Å²) in [6.07, 6.45) is 4.96. The third-order valence-electron chi connectivity index (χ3n) is 3.97. The van der Waals surface area contributed by atoms with E-state index in [9.17, 15) is 0 Å². The number of allylic oxidation sites excluding steroid dienone is 2. The van der Waals surface area contributed by atoms with Crippen molar-refractivity contribution < 1.29 is 0 Å². The number of nitrogens with one attached hydrogen (secondary N) is 1. The summed E-state index contributed by atoms with van der Waals surface area (Å²) in [5, 5.41) is 4.46. The van der Waals surface area contributed by atoms with E-state index in [0.717, 1.165) is 23.4 Å². The Morgan fingerprint density at radius 3 is 2.63 bits per heavy atom. The molecule has 0 bridgehead atoms. The van der Waals surface area contributed by atoms with Crippen molar-refractivity contribution in [3.8, 4) is 0 Å². The molecule has 0 heterocycles. The molecule has 0 radical (unpaired) electrons. The minimum absolute atomic E-state index is 0.388. The normalized spacial score (nSPS) is 24.9. The van der Waals surface area contributed by atoms with Crippen LogP contribution in [0.15, 0.2) is 35.9 Å². The van der Waals surface area contributed by atoms with E-state index in [1.807, 2.05) is 12.1 Å². The Morgan fingerprint density at radius 1 is 1.32 bits per heavy atom. The molecule has 0 saturated heterocycles. The molecule has 2 unspecified atom stereocenters. The lowest BCUT2D eigenvalue weighted by atomic mass is 9.83. The van der Waals surface area contributed by atoms with Gasteiger partial charge in [0.1, 0.15) is 0 Å². The van der Waals surface area contributed by atoms with Crippen LogP contribution >= 0.6 is 11.6 Å². The van der Waals surface area contributed by atoms with Gasteiger partial charge in [-0.15, -0.1) is 0 Å². The van der Waals surface area contributed by atoms with Crippen LogP contribution in [-0.4, -0.2) is 6.54 Å². The number of hydrogen-bond donors (Lipinski definition) is 1. The van der Waals surface area contributed by atoms with Crippen LogP contribution in [0.4, 0.5) is 0 Å². The molecule has 3 atom stereocenters. The molecule has 0 aromatic heterocycles. The smallest absolute Gasteiger partial charge is 0.0406 e. The van der Waals surface area contributed by atoms with Crippen LogP contribution in [0.2, 0.25) is 5.02 Å². The maximum absolute atomic E-state index is 5.92. The summed E-state index contributed by atoms with van der Waals surface area (Å²) in [5.41, 5.74) is 2.85. The van der Waals surface area contributed by atoms with Crippen molar-refractivity contribution in [2.75, 3.05) is 6.54 Å². The molecule has 104 valence electrons. The highest BCUT2D eigenvalue weighted by molar-refractivity contribution is 6.30. The molecule has 1 aliphatic carbocycles. The minimum atomic E-state index is 0.388. The Balaban J connectivity index is 1.85. The first kappa shape index (κ1) is 14.6. The Bertz CT molecular complexity index is 435. The predicted octanol–water partition coefficient (Wildman–Crippen LogP) is 4.98. The van der Waals surface area contributed by atoms with Crippen LogP contribution in [0, 0.1) is 11.8 Å². The SMILES string of the molecule is CC1=CC(C)CC(CN[C@H](C)c2ccc(Cl)cc2)C1. The Hall–Kier alpha value is -0.790. The third kappa shape index (κ3) is 4.36.